The maximum Gasteiger partial charge on any atom is 0 e. The van der Waals surface area contributed by atoms with E-state index in [0.29, 0.717) is 0 Å². The minimum Gasteiger partial charge on any atom is -0.0776 e. The Morgan fingerprint density at radius 3 is 0.600 bits per heavy atom. The van der Waals surface area contributed by atoms with Crippen LogP contribution in [-0.2, 0) is 0 Å². The normalized spacial score (nSPS) is 1.60. The molecule has 44 valence electrons. The Kier molecular flexibility index (Phi) is 0. The van der Waals surface area contributed by atoms with Crippen LogP contribution in [0.1, 0.15) is 41.5 Å². The van der Waals surface area contributed by atoms with Crippen LogP contribution in [0, 0.1) is 0 Å². The molecule has 0 aliphatic carbocycles. The molecule has 0 saturated carbocycles. The summed E-state index contributed by atoms with van der Waals surface area (Å²) in [7, 11) is 0. The molecule has 0 aromatic carbocycles. The van der Waals surface area contributed by atoms with Crippen LogP contribution in [0.25, 0.3) is 0 Å². The van der Waals surface area contributed by atoms with Crippen LogP contribution in [0.5, 0.6) is 0 Å². The maximum absolute atomic E-state index is 5.00. The minimum atomic E-state index is 0. The predicted molar refractivity (Wildman–Crippen MR) is 37.9 cm³/mol. The molecule has 0 bridgehead atoms. The summed E-state index contributed by atoms with van der Waals surface area (Å²) >= 11 is 0. The topological polar surface area (TPSA) is 0 Å². The first-order valence-corrected chi connectivity index (χ1v) is 0. The highest BCUT2D eigenvalue weighted by molar-refractivity contribution is 2.51. The summed E-state index contributed by atoms with van der Waals surface area (Å²) in [6.07, 6.45) is 0. The lowest BCUT2D eigenvalue weighted by Crippen LogP contribution is 0.143. The lowest BCUT2D eigenvalue weighted by Gasteiger charge is -0.0786. The van der Waals surface area contributed by atoms with Gasteiger partial charge in [-0.15, -0.1) is 0 Å². The van der Waals surface area contributed by atoms with Gasteiger partial charge in [0.1, 0.15) is 0 Å². The van der Waals surface area contributed by atoms with Crippen LogP contribution < -0.4 is 0 Å². The minimum absolute atomic E-state index is 0. The van der Waals surface area contributed by atoms with E-state index in [0.717, 1.165) is 0 Å². The van der Waals surface area contributed by atoms with Gasteiger partial charge in [0.15, 0.2) is 0 Å². The monoisotopic (exact) mass is 90.2 g/mol. The Hall–Kier alpha value is 0. The second-order valence-electron chi connectivity index (χ2n) is 0. The highest BCUT2D eigenvalue weighted by Gasteiger charge is -0.0736. The van der Waals surface area contributed by atoms with Gasteiger partial charge in [0.25, 0.3) is 0 Å². The molecule has 0 unspecified atom stereocenters. The maximum atomic E-state index is 5.00. The van der Waals surface area contributed by atoms with Gasteiger partial charge in [0, 0.05) is 4.40 Å². The quantitative estimate of drug-likeness (QED) is 0.425. The molecule has 0 saturated heterocycles. The number of rotatable bonds is 0. The van der Waals surface area contributed by atoms with Crippen LogP contribution in [0.2, 0.25) is 0 Å². The molecule has 0 aromatic heterocycles. The fourth-order valence-corrected chi connectivity index (χ4v) is 0. The second-order valence-corrected chi connectivity index (χ2v) is 0. The van der Waals surface area contributed by atoms with Crippen molar-refractivity contribution in [3.8, 4) is 0 Å². The lowest BCUT2D eigenvalue weighted by molar-refractivity contribution is 2.50. The molecule has 0 rings (SSSR count). The lowest BCUT2D eigenvalue weighted by atomic mass is 12.0. The third-order valence-corrected chi connectivity index (χ3v) is 0. The first-order chi connectivity index (χ1) is 1.00. The van der Waals surface area contributed by atoms with Crippen molar-refractivity contribution >= 4 is 0 Å². The zero-order valence-electron chi connectivity index (χ0n) is 2.00. The van der Waals surface area contributed by atoms with Gasteiger partial charge in [-0.1, -0.05) is 37.1 Å². The SMILES string of the molecule is C.C.C.C.C.[3HH].[3H][3H]. The van der Waals surface area contributed by atoms with Crippen LogP contribution >= 0.6 is 0 Å². The first kappa shape index (κ1) is 80.0. The third-order valence-electron chi connectivity index (χ3n) is 0. The van der Waals surface area contributed by atoms with Gasteiger partial charge in [-0.3, -0.25) is 0 Å². The number of hydrogen-bond donors (Lipinski definition) is 0. The molecule has 0 spiro atoms. The molecule has 0 heteroatoms. The van der Waals surface area contributed by atoms with E-state index >= 15 is 0 Å². The van der Waals surface area contributed by atoms with Gasteiger partial charge in [0.05, 0.1) is 0 Å². The average molecular weight is 90.3 g/mol. The Balaban J connectivity index is -0.000000000333. The summed E-state index contributed by atoms with van der Waals surface area (Å²) < 4.78 is 10.0. The van der Waals surface area contributed by atoms with Crippen molar-refractivity contribution in [1.29, 1.82) is 0 Å². The molecular weight excluding hydrogens is 60.1 g/mol. The van der Waals surface area contributed by atoms with Crippen molar-refractivity contribution in [3.63, 3.8) is 0 Å². The molecule has 0 heterocycles. The largest absolute Gasteiger partial charge is 0.0776 e. The van der Waals surface area contributed by atoms with Crippen molar-refractivity contribution in [2.24, 2.45) is 0 Å². The molecule has 0 aliphatic heterocycles. The van der Waals surface area contributed by atoms with Gasteiger partial charge in [-0.25, -0.2) is 0 Å². The predicted octanol–water partition coefficient (Wildman–Crippen LogP) is 3.67. The van der Waals surface area contributed by atoms with Crippen molar-refractivity contribution < 1.29 is 4.40 Å². The summed E-state index contributed by atoms with van der Waals surface area (Å²) in [5.74, 6) is 0. The standard InChI is InChI=1S/5CH4.2H2/h5*1H4;2*1H/i;;;;;1+2T;1+2. The van der Waals surface area contributed by atoms with E-state index in [1.54, 1.807) is 0 Å². The zero-order valence-corrected chi connectivity index (χ0v) is 0. The summed E-state index contributed by atoms with van der Waals surface area (Å²) in [4.78, 5) is 0. The summed E-state index contributed by atoms with van der Waals surface area (Å²) in [6.45, 7) is 0. The molecule has 0 radical (unpaired) electrons. The van der Waals surface area contributed by atoms with Gasteiger partial charge < -0.3 is 0 Å². The van der Waals surface area contributed by atoms with Gasteiger partial charge >= 0.3 is 0 Å². The van der Waals surface area contributed by atoms with Gasteiger partial charge in [-0.2, -0.15) is 0 Å². The molecule has 0 aliphatic rings. The molecular formula is C5H24. The van der Waals surface area contributed by atoms with Crippen molar-refractivity contribution in [3.05, 3.63) is 0 Å². The highest BCUT2D eigenvalue weighted by atomic mass is 12.0. The van der Waals surface area contributed by atoms with E-state index in [-0.39, 0.29) is 38.6 Å². The molecule has 0 aromatic rings. The van der Waals surface area contributed by atoms with Crippen molar-refractivity contribution in [2.45, 2.75) is 37.1 Å². The second kappa shape index (κ2) is 0. The van der Waals surface area contributed by atoms with E-state index in [1.807, 2.05) is 0 Å². The highest BCUT2D eigenvalue weighted by Crippen LogP contribution is 0.148. The fraction of sp³-hybridized carbons (Fsp3) is 1.00. The Labute approximate surface area is 42.8 Å². The van der Waals surface area contributed by atoms with E-state index in [1.165, 1.54) is 0 Å². The third kappa shape index (κ3) is 0. The molecule has 0 atom stereocenters. The van der Waals surface area contributed by atoms with E-state index < -0.39 is 0 Å². The summed E-state index contributed by atoms with van der Waals surface area (Å²) in [6, 6.07) is 0. The van der Waals surface area contributed by atoms with E-state index in [4.69, 9.17) is 2.97 Å². The van der Waals surface area contributed by atoms with Crippen molar-refractivity contribution in [2.75, 3.05) is 0 Å². The van der Waals surface area contributed by atoms with Crippen LogP contribution in [-0.4, -0.2) is 0 Å². The van der Waals surface area contributed by atoms with E-state index in [2.05, 4.69) is 0 Å². The van der Waals surface area contributed by atoms with Crippen molar-refractivity contribution in [1.82, 2.24) is 0 Å². The fourth-order valence-electron chi connectivity index (χ4n) is 0. The molecule has 0 fully saturated rings. The number of hydrogen-bond acceptors (Lipinski definition) is 0. The van der Waals surface area contributed by atoms with Gasteiger partial charge in [-0.05, 0) is 0 Å². The average Bonchev–Trinajstić information content (AvgIpc) is 1.00. The molecule has 0 N–H and O–H groups in total. The Morgan fingerprint density at radius 2 is 0.600 bits per heavy atom. The Morgan fingerprint density at radius 1 is 0.600 bits per heavy atom. The molecule has 0 amide bonds. The van der Waals surface area contributed by atoms with Crippen LogP contribution in [0.4, 0.5) is 0 Å². The molecule has 5 heavy (non-hydrogen) atoms. The molecule has 0 nitrogen and oxygen atoms in total. The first-order valence-electron chi connectivity index (χ1n) is 1.00. The van der Waals surface area contributed by atoms with Gasteiger partial charge in [0.2, 0.25) is 0 Å². The summed E-state index contributed by atoms with van der Waals surface area (Å²) in [5, 5.41) is 0. The van der Waals surface area contributed by atoms with Crippen LogP contribution in [0.15, 0.2) is 0 Å². The zero-order chi connectivity index (χ0) is 2.00. The Bertz CT molecular complexity index is 7.64. The van der Waals surface area contributed by atoms with E-state index in [9.17, 15) is 0 Å². The smallest absolute Gasteiger partial charge is 0 e. The summed E-state index contributed by atoms with van der Waals surface area (Å²) in [5.41, 5.74) is 0. The van der Waals surface area contributed by atoms with Crippen LogP contribution in [0.3, 0.4) is 0 Å².